The fourth-order valence-corrected chi connectivity index (χ4v) is 1.74. The van der Waals surface area contributed by atoms with Gasteiger partial charge in [-0.3, -0.25) is 0 Å². The zero-order chi connectivity index (χ0) is 12.1. The van der Waals surface area contributed by atoms with Crippen LogP contribution in [0.15, 0.2) is 12.1 Å². The highest BCUT2D eigenvalue weighted by molar-refractivity contribution is 5.48. The monoisotopic (exact) mass is 224 g/mol. The largest absolute Gasteiger partial charge is 0.496 e. The lowest BCUT2D eigenvalue weighted by atomic mass is 9.97. The molecule has 0 bridgehead atoms. The Hall–Kier alpha value is -1.22. The van der Waals surface area contributed by atoms with E-state index in [0.717, 1.165) is 29.0 Å². The van der Waals surface area contributed by atoms with Gasteiger partial charge in [-0.25, -0.2) is 0 Å². The predicted octanol–water partition coefficient (Wildman–Crippen LogP) is 2.36. The highest BCUT2D eigenvalue weighted by Gasteiger charge is 2.14. The number of ether oxygens (including phenoxy) is 2. The van der Waals surface area contributed by atoms with Crippen LogP contribution in [0.4, 0.5) is 0 Å². The SMILES string of the molecule is CCc1cc(OC)c(C(C)CO)cc1OC. The molecule has 1 atom stereocenters. The first-order chi connectivity index (χ1) is 7.67. The quantitative estimate of drug-likeness (QED) is 0.834. The number of aryl methyl sites for hydroxylation is 1. The van der Waals surface area contributed by atoms with Crippen LogP contribution in [0.25, 0.3) is 0 Å². The molecule has 1 N–H and O–H groups in total. The molecule has 3 heteroatoms. The van der Waals surface area contributed by atoms with Gasteiger partial charge in [0, 0.05) is 18.1 Å². The molecule has 0 aliphatic rings. The van der Waals surface area contributed by atoms with E-state index in [9.17, 15) is 5.11 Å². The van der Waals surface area contributed by atoms with E-state index in [0.29, 0.717) is 0 Å². The zero-order valence-corrected chi connectivity index (χ0v) is 10.4. The summed E-state index contributed by atoms with van der Waals surface area (Å²) in [6, 6.07) is 3.94. The van der Waals surface area contributed by atoms with Crippen LogP contribution in [0.1, 0.15) is 30.9 Å². The molecule has 0 spiro atoms. The molecule has 0 heterocycles. The lowest BCUT2D eigenvalue weighted by Crippen LogP contribution is -2.04. The standard InChI is InChI=1S/C13H20O3/c1-5-10-6-13(16-4)11(9(2)8-14)7-12(10)15-3/h6-7,9,14H,5,8H2,1-4H3. The van der Waals surface area contributed by atoms with E-state index in [1.807, 2.05) is 19.1 Å². The number of aliphatic hydroxyl groups excluding tert-OH is 1. The summed E-state index contributed by atoms with van der Waals surface area (Å²) in [5, 5.41) is 9.20. The molecule has 1 aromatic carbocycles. The van der Waals surface area contributed by atoms with E-state index in [-0.39, 0.29) is 12.5 Å². The highest BCUT2D eigenvalue weighted by Crippen LogP contribution is 2.33. The van der Waals surface area contributed by atoms with Crippen molar-refractivity contribution < 1.29 is 14.6 Å². The Bertz CT molecular complexity index is 347. The van der Waals surface area contributed by atoms with Gasteiger partial charge in [-0.05, 0) is 24.1 Å². The van der Waals surface area contributed by atoms with Crippen LogP contribution in [0, 0.1) is 0 Å². The molecule has 1 unspecified atom stereocenters. The van der Waals surface area contributed by atoms with Gasteiger partial charge in [-0.15, -0.1) is 0 Å². The van der Waals surface area contributed by atoms with Crippen LogP contribution in [0.2, 0.25) is 0 Å². The first-order valence-electron chi connectivity index (χ1n) is 5.53. The Kier molecular flexibility index (Phi) is 4.62. The third-order valence-electron chi connectivity index (χ3n) is 2.82. The second-order valence-corrected chi connectivity index (χ2v) is 3.84. The van der Waals surface area contributed by atoms with Gasteiger partial charge in [0.2, 0.25) is 0 Å². The summed E-state index contributed by atoms with van der Waals surface area (Å²) in [4.78, 5) is 0. The van der Waals surface area contributed by atoms with Gasteiger partial charge < -0.3 is 14.6 Å². The lowest BCUT2D eigenvalue weighted by Gasteiger charge is -2.17. The molecule has 0 aliphatic heterocycles. The Morgan fingerprint density at radius 3 is 2.25 bits per heavy atom. The number of aliphatic hydroxyl groups is 1. The van der Waals surface area contributed by atoms with E-state index < -0.39 is 0 Å². The van der Waals surface area contributed by atoms with Crippen LogP contribution < -0.4 is 9.47 Å². The molecule has 0 fully saturated rings. The van der Waals surface area contributed by atoms with Gasteiger partial charge in [0.15, 0.2) is 0 Å². The van der Waals surface area contributed by atoms with E-state index >= 15 is 0 Å². The van der Waals surface area contributed by atoms with Crippen LogP contribution >= 0.6 is 0 Å². The molecule has 0 saturated heterocycles. The second-order valence-electron chi connectivity index (χ2n) is 3.84. The average Bonchev–Trinajstić information content (AvgIpc) is 2.35. The first-order valence-corrected chi connectivity index (χ1v) is 5.53. The van der Waals surface area contributed by atoms with Crippen molar-refractivity contribution in [3.05, 3.63) is 23.3 Å². The van der Waals surface area contributed by atoms with Gasteiger partial charge in [-0.1, -0.05) is 13.8 Å². The molecule has 16 heavy (non-hydrogen) atoms. The van der Waals surface area contributed by atoms with Gasteiger partial charge in [0.1, 0.15) is 11.5 Å². The maximum atomic E-state index is 9.20. The summed E-state index contributed by atoms with van der Waals surface area (Å²) >= 11 is 0. The van der Waals surface area contributed by atoms with Crippen molar-refractivity contribution in [2.75, 3.05) is 20.8 Å². The third-order valence-corrected chi connectivity index (χ3v) is 2.82. The molecule has 0 radical (unpaired) electrons. The summed E-state index contributed by atoms with van der Waals surface area (Å²) in [6.07, 6.45) is 0.896. The Balaban J connectivity index is 3.25. The van der Waals surface area contributed by atoms with Crippen molar-refractivity contribution >= 4 is 0 Å². The van der Waals surface area contributed by atoms with E-state index in [2.05, 4.69) is 6.92 Å². The van der Waals surface area contributed by atoms with Gasteiger partial charge in [0.25, 0.3) is 0 Å². The number of rotatable bonds is 5. The van der Waals surface area contributed by atoms with Crippen LogP contribution in [0.5, 0.6) is 11.5 Å². The normalized spacial score (nSPS) is 12.3. The van der Waals surface area contributed by atoms with E-state index in [4.69, 9.17) is 9.47 Å². The summed E-state index contributed by atoms with van der Waals surface area (Å²) in [7, 11) is 3.31. The summed E-state index contributed by atoms with van der Waals surface area (Å²) in [5.41, 5.74) is 2.10. The van der Waals surface area contributed by atoms with Crippen molar-refractivity contribution in [2.24, 2.45) is 0 Å². The fourth-order valence-electron chi connectivity index (χ4n) is 1.74. The molecular weight excluding hydrogens is 204 g/mol. The Labute approximate surface area is 97.0 Å². The smallest absolute Gasteiger partial charge is 0.122 e. The molecule has 0 aromatic heterocycles. The van der Waals surface area contributed by atoms with Crippen molar-refractivity contribution in [1.29, 1.82) is 0 Å². The van der Waals surface area contributed by atoms with E-state index in [1.165, 1.54) is 0 Å². The fraction of sp³-hybridized carbons (Fsp3) is 0.538. The molecule has 0 aliphatic carbocycles. The van der Waals surface area contributed by atoms with Crippen LogP contribution in [-0.2, 0) is 6.42 Å². The summed E-state index contributed by atoms with van der Waals surface area (Å²) in [5.74, 6) is 1.73. The van der Waals surface area contributed by atoms with Gasteiger partial charge in [0.05, 0.1) is 14.2 Å². The summed E-state index contributed by atoms with van der Waals surface area (Å²) < 4.78 is 10.7. The number of hydrogen-bond acceptors (Lipinski definition) is 3. The highest BCUT2D eigenvalue weighted by atomic mass is 16.5. The van der Waals surface area contributed by atoms with Gasteiger partial charge >= 0.3 is 0 Å². The molecular formula is C13H20O3. The molecule has 0 amide bonds. The number of methoxy groups -OCH3 is 2. The van der Waals surface area contributed by atoms with Crippen molar-refractivity contribution in [1.82, 2.24) is 0 Å². The topological polar surface area (TPSA) is 38.7 Å². The molecule has 3 nitrogen and oxygen atoms in total. The predicted molar refractivity (Wildman–Crippen MR) is 64.4 cm³/mol. The van der Waals surface area contributed by atoms with Crippen molar-refractivity contribution in [2.45, 2.75) is 26.2 Å². The third kappa shape index (κ3) is 2.47. The maximum absolute atomic E-state index is 9.20. The average molecular weight is 224 g/mol. The lowest BCUT2D eigenvalue weighted by molar-refractivity contribution is 0.269. The number of hydrogen-bond donors (Lipinski definition) is 1. The van der Waals surface area contributed by atoms with Gasteiger partial charge in [-0.2, -0.15) is 0 Å². The maximum Gasteiger partial charge on any atom is 0.122 e. The van der Waals surface area contributed by atoms with Crippen LogP contribution in [0.3, 0.4) is 0 Å². The first kappa shape index (κ1) is 12.8. The molecule has 1 rings (SSSR count). The number of benzene rings is 1. The Morgan fingerprint density at radius 1 is 1.19 bits per heavy atom. The summed E-state index contributed by atoms with van der Waals surface area (Å²) in [6.45, 7) is 4.14. The van der Waals surface area contributed by atoms with Crippen molar-refractivity contribution in [3.8, 4) is 11.5 Å². The molecule has 0 saturated carbocycles. The minimum Gasteiger partial charge on any atom is -0.496 e. The Morgan fingerprint density at radius 2 is 1.81 bits per heavy atom. The molecule has 1 aromatic rings. The molecule has 90 valence electrons. The minimum atomic E-state index is 0.0507. The van der Waals surface area contributed by atoms with Crippen molar-refractivity contribution in [3.63, 3.8) is 0 Å². The second kappa shape index (κ2) is 5.75. The van der Waals surface area contributed by atoms with E-state index in [1.54, 1.807) is 14.2 Å². The van der Waals surface area contributed by atoms with Crippen LogP contribution in [-0.4, -0.2) is 25.9 Å². The minimum absolute atomic E-state index is 0.0507. The zero-order valence-electron chi connectivity index (χ0n) is 10.4.